The Labute approximate surface area is 129 Å². The lowest BCUT2D eigenvalue weighted by atomic mass is 9.97. The van der Waals surface area contributed by atoms with Crippen LogP contribution < -0.4 is 11.3 Å². The minimum absolute atomic E-state index is 0.114. The van der Waals surface area contributed by atoms with Gasteiger partial charge in [0.15, 0.2) is 0 Å². The van der Waals surface area contributed by atoms with Crippen LogP contribution in [0.15, 0.2) is 35.1 Å². The molecule has 1 saturated heterocycles. The lowest BCUT2D eigenvalue weighted by Gasteiger charge is -2.15. The van der Waals surface area contributed by atoms with E-state index in [0.717, 1.165) is 19.6 Å². The summed E-state index contributed by atoms with van der Waals surface area (Å²) in [4.78, 5) is 17.1. The highest BCUT2D eigenvalue weighted by Gasteiger charge is 2.32. The lowest BCUT2D eigenvalue weighted by molar-refractivity contribution is 0.318. The van der Waals surface area contributed by atoms with Crippen molar-refractivity contribution in [3.05, 3.63) is 57.8 Å². The Morgan fingerprint density at radius 3 is 2.73 bits per heavy atom. The molecule has 22 heavy (non-hydrogen) atoms. The molecule has 1 fully saturated rings. The van der Waals surface area contributed by atoms with Crippen molar-refractivity contribution in [1.29, 1.82) is 0 Å². The van der Waals surface area contributed by atoms with Gasteiger partial charge in [-0.25, -0.2) is 0 Å². The van der Waals surface area contributed by atoms with Crippen LogP contribution in [-0.4, -0.2) is 33.2 Å². The lowest BCUT2D eigenvalue weighted by Crippen LogP contribution is -2.25. The van der Waals surface area contributed by atoms with Crippen molar-refractivity contribution >= 4 is 0 Å². The molecule has 1 aromatic heterocycles. The molecular weight excluding hydrogens is 278 g/mol. The number of nitrogens with two attached hydrogens (primary N) is 1. The molecule has 1 aliphatic rings. The minimum atomic E-state index is -0.221. The standard InChI is InChI=1S/C16H21N5O/c1-11-8-21(9-12-5-3-2-4-6-12)10-13(11)15-18-16(22)14(7-17)19-20-15/h2-6,11,13H,7-10,17H2,1H3,(H,18,20,22)/t11-,13-/m1/s1. The number of nitrogens with zero attached hydrogens (tertiary/aromatic N) is 3. The van der Waals surface area contributed by atoms with Crippen molar-refractivity contribution < 1.29 is 0 Å². The molecule has 0 bridgehead atoms. The third-order valence-corrected chi connectivity index (χ3v) is 4.26. The molecule has 0 saturated carbocycles. The molecule has 6 nitrogen and oxygen atoms in total. The maximum absolute atomic E-state index is 11.9. The van der Waals surface area contributed by atoms with Gasteiger partial charge >= 0.3 is 0 Å². The van der Waals surface area contributed by atoms with E-state index in [4.69, 9.17) is 5.73 Å². The number of aromatic nitrogens is 3. The number of aromatic amines is 1. The molecule has 6 heteroatoms. The number of benzene rings is 1. The molecule has 116 valence electrons. The highest BCUT2D eigenvalue weighted by atomic mass is 16.1. The van der Waals surface area contributed by atoms with Crippen LogP contribution in [0.3, 0.4) is 0 Å². The predicted molar refractivity (Wildman–Crippen MR) is 84.2 cm³/mol. The Balaban J connectivity index is 1.73. The van der Waals surface area contributed by atoms with Crippen LogP contribution >= 0.6 is 0 Å². The zero-order valence-corrected chi connectivity index (χ0v) is 12.7. The maximum Gasteiger partial charge on any atom is 0.274 e. The first-order valence-corrected chi connectivity index (χ1v) is 7.59. The highest BCUT2D eigenvalue weighted by Crippen LogP contribution is 2.30. The van der Waals surface area contributed by atoms with Gasteiger partial charge in [-0.05, 0) is 11.5 Å². The topological polar surface area (TPSA) is 87.9 Å². The Hall–Kier alpha value is -2.05. The summed E-state index contributed by atoms with van der Waals surface area (Å²) in [6.07, 6.45) is 0. The third-order valence-electron chi connectivity index (χ3n) is 4.26. The summed E-state index contributed by atoms with van der Waals surface area (Å²) < 4.78 is 0. The second kappa shape index (κ2) is 6.37. The van der Waals surface area contributed by atoms with E-state index in [2.05, 4.69) is 51.3 Å². The van der Waals surface area contributed by atoms with Crippen LogP contribution in [0.2, 0.25) is 0 Å². The van der Waals surface area contributed by atoms with Gasteiger partial charge in [0.1, 0.15) is 11.5 Å². The molecule has 2 heterocycles. The Morgan fingerprint density at radius 1 is 1.27 bits per heavy atom. The van der Waals surface area contributed by atoms with E-state index in [1.54, 1.807) is 0 Å². The summed E-state index contributed by atoms with van der Waals surface area (Å²) in [7, 11) is 0. The summed E-state index contributed by atoms with van der Waals surface area (Å²) in [5.41, 5.74) is 6.82. The number of nitrogens with one attached hydrogen (secondary N) is 1. The number of H-pyrrole nitrogens is 1. The van der Waals surface area contributed by atoms with E-state index in [9.17, 15) is 4.79 Å². The van der Waals surface area contributed by atoms with Gasteiger partial charge in [0, 0.05) is 32.1 Å². The molecule has 3 rings (SSSR count). The highest BCUT2D eigenvalue weighted by molar-refractivity contribution is 5.15. The first-order valence-electron chi connectivity index (χ1n) is 7.59. The molecule has 0 radical (unpaired) electrons. The Kier molecular flexibility index (Phi) is 4.31. The van der Waals surface area contributed by atoms with E-state index in [1.807, 2.05) is 6.07 Å². The van der Waals surface area contributed by atoms with E-state index < -0.39 is 0 Å². The summed E-state index contributed by atoms with van der Waals surface area (Å²) in [6, 6.07) is 10.4. The largest absolute Gasteiger partial charge is 0.325 e. The monoisotopic (exact) mass is 299 g/mol. The van der Waals surface area contributed by atoms with Crippen molar-refractivity contribution in [3.8, 4) is 0 Å². The molecule has 3 N–H and O–H groups in total. The van der Waals surface area contributed by atoms with E-state index >= 15 is 0 Å². The van der Waals surface area contributed by atoms with Gasteiger partial charge in [-0.15, -0.1) is 10.2 Å². The van der Waals surface area contributed by atoms with Gasteiger partial charge in [0.25, 0.3) is 5.56 Å². The molecule has 1 aromatic carbocycles. The third kappa shape index (κ3) is 3.08. The zero-order chi connectivity index (χ0) is 15.5. The van der Waals surface area contributed by atoms with Crippen LogP contribution in [0.4, 0.5) is 0 Å². The van der Waals surface area contributed by atoms with Crippen LogP contribution in [0.1, 0.15) is 29.9 Å². The van der Waals surface area contributed by atoms with Crippen molar-refractivity contribution in [2.75, 3.05) is 13.1 Å². The second-order valence-electron chi connectivity index (χ2n) is 5.95. The first-order chi connectivity index (χ1) is 10.7. The van der Waals surface area contributed by atoms with Crippen LogP contribution in [0, 0.1) is 5.92 Å². The molecule has 2 atom stereocenters. The smallest absolute Gasteiger partial charge is 0.274 e. The number of likely N-dealkylation sites (tertiary alicyclic amines) is 1. The Morgan fingerprint density at radius 2 is 2.05 bits per heavy atom. The molecule has 1 aliphatic heterocycles. The molecule has 0 spiro atoms. The molecular formula is C16H21N5O. The molecule has 0 unspecified atom stereocenters. The van der Waals surface area contributed by atoms with Gasteiger partial charge in [-0.2, -0.15) is 0 Å². The minimum Gasteiger partial charge on any atom is -0.325 e. The van der Waals surface area contributed by atoms with E-state index in [-0.39, 0.29) is 23.7 Å². The van der Waals surface area contributed by atoms with Crippen LogP contribution in [0.25, 0.3) is 0 Å². The van der Waals surface area contributed by atoms with E-state index in [1.165, 1.54) is 5.56 Å². The number of hydrogen-bond acceptors (Lipinski definition) is 5. The summed E-state index contributed by atoms with van der Waals surface area (Å²) in [5, 5.41) is 8.12. The predicted octanol–water partition coefficient (Wildman–Crippen LogP) is 0.859. The maximum atomic E-state index is 11.9. The zero-order valence-electron chi connectivity index (χ0n) is 12.7. The van der Waals surface area contributed by atoms with Crippen molar-refractivity contribution in [3.63, 3.8) is 0 Å². The van der Waals surface area contributed by atoms with E-state index in [0.29, 0.717) is 11.7 Å². The quantitative estimate of drug-likeness (QED) is 0.874. The van der Waals surface area contributed by atoms with Gasteiger partial charge < -0.3 is 10.7 Å². The van der Waals surface area contributed by atoms with Gasteiger partial charge in [-0.1, -0.05) is 37.3 Å². The molecule has 2 aromatic rings. The van der Waals surface area contributed by atoms with Gasteiger partial charge in [0.05, 0.1) is 0 Å². The van der Waals surface area contributed by atoms with Crippen molar-refractivity contribution in [2.45, 2.75) is 25.9 Å². The van der Waals surface area contributed by atoms with Crippen LogP contribution in [-0.2, 0) is 13.1 Å². The van der Waals surface area contributed by atoms with Crippen LogP contribution in [0.5, 0.6) is 0 Å². The average molecular weight is 299 g/mol. The number of hydrogen-bond donors (Lipinski definition) is 2. The average Bonchev–Trinajstić information content (AvgIpc) is 2.88. The number of rotatable bonds is 4. The van der Waals surface area contributed by atoms with Crippen molar-refractivity contribution in [2.24, 2.45) is 11.7 Å². The molecule has 0 aliphatic carbocycles. The fraction of sp³-hybridized carbons (Fsp3) is 0.438. The SMILES string of the molecule is C[C@@H]1CN(Cc2ccccc2)C[C@H]1c1nnc(CN)c(=O)[nH]1. The summed E-state index contributed by atoms with van der Waals surface area (Å²) >= 11 is 0. The Bertz CT molecular complexity index is 684. The van der Waals surface area contributed by atoms with Crippen molar-refractivity contribution in [1.82, 2.24) is 20.1 Å². The fourth-order valence-electron chi connectivity index (χ4n) is 3.07. The fourth-order valence-corrected chi connectivity index (χ4v) is 3.07. The van der Waals surface area contributed by atoms with Gasteiger partial charge in [-0.3, -0.25) is 9.69 Å². The summed E-state index contributed by atoms with van der Waals surface area (Å²) in [6.45, 7) is 5.08. The molecule has 0 amide bonds. The normalized spacial score (nSPS) is 22.1. The van der Waals surface area contributed by atoms with Gasteiger partial charge in [0.2, 0.25) is 0 Å². The second-order valence-corrected chi connectivity index (χ2v) is 5.95. The first kappa shape index (κ1) is 14.9. The summed E-state index contributed by atoms with van der Waals surface area (Å²) in [5.74, 6) is 1.30.